The molecule has 1 aliphatic heterocycles. The molecule has 1 fully saturated rings. The first-order valence-corrected chi connectivity index (χ1v) is 7.40. The summed E-state index contributed by atoms with van der Waals surface area (Å²) < 4.78 is 0. The van der Waals surface area contributed by atoms with Crippen LogP contribution in [0.1, 0.15) is 43.7 Å². The van der Waals surface area contributed by atoms with Gasteiger partial charge in [0, 0.05) is 19.0 Å². The molecule has 1 saturated heterocycles. The first-order chi connectivity index (χ1) is 9.65. The van der Waals surface area contributed by atoms with Crippen LogP contribution in [0.5, 0.6) is 0 Å². The van der Waals surface area contributed by atoms with Crippen molar-refractivity contribution in [3.8, 4) is 0 Å². The maximum absolute atomic E-state index is 12.2. The molecule has 1 atom stereocenters. The molecular formula is C18H23NO. The van der Waals surface area contributed by atoms with E-state index in [0.29, 0.717) is 11.5 Å². The zero-order valence-corrected chi connectivity index (χ0v) is 12.5. The van der Waals surface area contributed by atoms with Gasteiger partial charge in [-0.15, -0.1) is 5.73 Å². The van der Waals surface area contributed by atoms with Crippen molar-refractivity contribution in [2.45, 2.75) is 39.0 Å². The van der Waals surface area contributed by atoms with E-state index in [9.17, 15) is 4.79 Å². The van der Waals surface area contributed by atoms with Gasteiger partial charge in [0.2, 0.25) is 0 Å². The molecule has 2 nitrogen and oxygen atoms in total. The standard InChI is InChI=1S/C18H23NO/c1-4-14(3)18(20)19-11-7-10-17(13-19)16-9-6-8-15(5-2)12-16/h6,8-9,12,17H,1,5,7,10-11,13H2,2-3H3. The minimum Gasteiger partial charge on any atom is -0.338 e. The fraction of sp³-hybridized carbons (Fsp3) is 0.444. The quantitative estimate of drug-likeness (QED) is 0.605. The van der Waals surface area contributed by atoms with E-state index < -0.39 is 0 Å². The molecule has 2 heteroatoms. The van der Waals surface area contributed by atoms with E-state index in [1.807, 2.05) is 4.90 Å². The highest BCUT2D eigenvalue weighted by Gasteiger charge is 2.25. The molecular weight excluding hydrogens is 246 g/mol. The lowest BCUT2D eigenvalue weighted by Crippen LogP contribution is -2.39. The Kier molecular flexibility index (Phi) is 4.81. The molecule has 2 rings (SSSR count). The van der Waals surface area contributed by atoms with Crippen molar-refractivity contribution in [1.29, 1.82) is 0 Å². The van der Waals surface area contributed by atoms with Crippen LogP contribution in [0.25, 0.3) is 0 Å². The second kappa shape index (κ2) is 6.58. The van der Waals surface area contributed by atoms with Gasteiger partial charge in [0.25, 0.3) is 5.91 Å². The summed E-state index contributed by atoms with van der Waals surface area (Å²) in [5.41, 5.74) is 6.06. The van der Waals surface area contributed by atoms with Gasteiger partial charge in [-0.2, -0.15) is 0 Å². The summed E-state index contributed by atoms with van der Waals surface area (Å²) in [6.07, 6.45) is 3.28. The average Bonchev–Trinajstić information content (AvgIpc) is 2.53. The van der Waals surface area contributed by atoms with E-state index in [-0.39, 0.29) is 5.91 Å². The smallest absolute Gasteiger partial charge is 0.257 e. The van der Waals surface area contributed by atoms with E-state index >= 15 is 0 Å². The zero-order valence-electron chi connectivity index (χ0n) is 12.5. The van der Waals surface area contributed by atoms with Crippen LogP contribution in [0.2, 0.25) is 0 Å². The summed E-state index contributed by atoms with van der Waals surface area (Å²) in [6, 6.07) is 8.77. The molecule has 0 spiro atoms. The maximum Gasteiger partial charge on any atom is 0.257 e. The predicted octanol–water partition coefficient (Wildman–Crippen LogP) is 3.69. The largest absolute Gasteiger partial charge is 0.338 e. The molecule has 1 aromatic rings. The normalized spacial score (nSPS) is 18.5. The number of hydrogen-bond donors (Lipinski definition) is 0. The Balaban J connectivity index is 2.14. The third-order valence-electron chi connectivity index (χ3n) is 4.13. The summed E-state index contributed by atoms with van der Waals surface area (Å²) in [7, 11) is 0. The van der Waals surface area contributed by atoms with Crippen molar-refractivity contribution in [3.05, 3.63) is 53.3 Å². The fourth-order valence-electron chi connectivity index (χ4n) is 2.81. The van der Waals surface area contributed by atoms with Crippen LogP contribution in [-0.4, -0.2) is 23.9 Å². The van der Waals surface area contributed by atoms with Gasteiger partial charge in [-0.1, -0.05) is 37.8 Å². The highest BCUT2D eigenvalue weighted by molar-refractivity contribution is 5.92. The van der Waals surface area contributed by atoms with E-state index in [0.717, 1.165) is 32.4 Å². The topological polar surface area (TPSA) is 20.3 Å². The average molecular weight is 269 g/mol. The minimum absolute atomic E-state index is 0.0800. The minimum atomic E-state index is 0.0800. The number of aryl methyl sites for hydroxylation is 1. The molecule has 0 N–H and O–H groups in total. The highest BCUT2D eigenvalue weighted by atomic mass is 16.2. The van der Waals surface area contributed by atoms with E-state index in [4.69, 9.17) is 0 Å². The van der Waals surface area contributed by atoms with Gasteiger partial charge in [-0.05, 0) is 37.3 Å². The number of benzene rings is 1. The molecule has 1 aromatic carbocycles. The SMILES string of the molecule is C=C=C(C)C(=O)N1CCCC(c2cccc(CC)c2)C1. The lowest BCUT2D eigenvalue weighted by molar-refractivity contribution is -0.128. The zero-order chi connectivity index (χ0) is 14.5. The second-order valence-electron chi connectivity index (χ2n) is 5.49. The van der Waals surface area contributed by atoms with Crippen molar-refractivity contribution in [2.75, 3.05) is 13.1 Å². The number of hydrogen-bond acceptors (Lipinski definition) is 1. The molecule has 1 unspecified atom stereocenters. The predicted molar refractivity (Wildman–Crippen MR) is 82.7 cm³/mol. The number of piperidine rings is 1. The van der Waals surface area contributed by atoms with Crippen LogP contribution < -0.4 is 0 Å². The molecule has 0 aliphatic carbocycles. The van der Waals surface area contributed by atoms with E-state index in [2.05, 4.69) is 43.5 Å². The van der Waals surface area contributed by atoms with Gasteiger partial charge < -0.3 is 4.90 Å². The van der Waals surface area contributed by atoms with Gasteiger partial charge in [0.15, 0.2) is 0 Å². The Morgan fingerprint density at radius 2 is 2.30 bits per heavy atom. The Morgan fingerprint density at radius 1 is 1.50 bits per heavy atom. The molecule has 0 radical (unpaired) electrons. The van der Waals surface area contributed by atoms with Crippen molar-refractivity contribution in [3.63, 3.8) is 0 Å². The van der Waals surface area contributed by atoms with Crippen LogP contribution in [0.4, 0.5) is 0 Å². The number of nitrogens with zero attached hydrogens (tertiary/aromatic N) is 1. The molecule has 1 aliphatic rings. The van der Waals surface area contributed by atoms with Crippen molar-refractivity contribution in [2.24, 2.45) is 0 Å². The van der Waals surface area contributed by atoms with Crippen LogP contribution >= 0.6 is 0 Å². The summed E-state index contributed by atoms with van der Waals surface area (Å²) in [5.74, 6) is 0.535. The first kappa shape index (κ1) is 14.6. The van der Waals surface area contributed by atoms with Crippen molar-refractivity contribution in [1.82, 2.24) is 4.90 Å². The molecule has 0 saturated carbocycles. The second-order valence-corrected chi connectivity index (χ2v) is 5.49. The van der Waals surface area contributed by atoms with Crippen molar-refractivity contribution < 1.29 is 4.79 Å². The molecule has 1 heterocycles. The third-order valence-corrected chi connectivity index (χ3v) is 4.13. The van der Waals surface area contributed by atoms with E-state index in [1.165, 1.54) is 11.1 Å². The number of carbonyl (C=O) groups is 1. The maximum atomic E-state index is 12.2. The molecule has 0 bridgehead atoms. The van der Waals surface area contributed by atoms with Gasteiger partial charge in [0.1, 0.15) is 0 Å². The van der Waals surface area contributed by atoms with Gasteiger partial charge in [-0.25, -0.2) is 0 Å². The Morgan fingerprint density at radius 3 is 3.00 bits per heavy atom. The number of carbonyl (C=O) groups excluding carboxylic acids is 1. The van der Waals surface area contributed by atoms with Crippen LogP contribution in [0.3, 0.4) is 0 Å². The fourth-order valence-corrected chi connectivity index (χ4v) is 2.81. The number of rotatable bonds is 3. The lowest BCUT2D eigenvalue weighted by atomic mass is 9.89. The summed E-state index contributed by atoms with van der Waals surface area (Å²) in [6.45, 7) is 9.19. The van der Waals surface area contributed by atoms with Crippen LogP contribution in [-0.2, 0) is 11.2 Å². The summed E-state index contributed by atoms with van der Waals surface area (Å²) in [5, 5.41) is 0. The van der Waals surface area contributed by atoms with Crippen LogP contribution in [0, 0.1) is 0 Å². The van der Waals surface area contributed by atoms with Crippen LogP contribution in [0.15, 0.2) is 42.1 Å². The number of likely N-dealkylation sites (tertiary alicyclic amines) is 1. The van der Waals surface area contributed by atoms with Gasteiger partial charge in [0.05, 0.1) is 5.57 Å². The molecule has 20 heavy (non-hydrogen) atoms. The Bertz CT molecular complexity index is 540. The first-order valence-electron chi connectivity index (χ1n) is 7.40. The monoisotopic (exact) mass is 269 g/mol. The molecule has 106 valence electrons. The summed E-state index contributed by atoms with van der Waals surface area (Å²) >= 11 is 0. The number of amides is 1. The Hall–Kier alpha value is -1.79. The van der Waals surface area contributed by atoms with E-state index in [1.54, 1.807) is 6.92 Å². The Labute approximate surface area is 121 Å². The van der Waals surface area contributed by atoms with Gasteiger partial charge >= 0.3 is 0 Å². The van der Waals surface area contributed by atoms with Crippen molar-refractivity contribution >= 4 is 5.91 Å². The lowest BCUT2D eigenvalue weighted by Gasteiger charge is -2.33. The molecule has 1 amide bonds. The highest BCUT2D eigenvalue weighted by Crippen LogP contribution is 2.28. The molecule has 0 aromatic heterocycles. The van der Waals surface area contributed by atoms with Gasteiger partial charge in [-0.3, -0.25) is 4.79 Å². The third kappa shape index (κ3) is 3.20. The summed E-state index contributed by atoms with van der Waals surface area (Å²) in [4.78, 5) is 14.2.